The molecule has 1 fully saturated rings. The van der Waals surface area contributed by atoms with Gasteiger partial charge in [0, 0.05) is 6.20 Å². The van der Waals surface area contributed by atoms with Gasteiger partial charge in [0.05, 0.1) is 12.6 Å². The Bertz CT molecular complexity index is 415. The fraction of sp³-hybridized carbons (Fsp3) is 0.571. The van der Waals surface area contributed by atoms with Crippen LogP contribution in [0.25, 0.3) is 0 Å². The molecule has 0 aromatic carbocycles. The van der Waals surface area contributed by atoms with E-state index in [1.54, 1.807) is 12.3 Å². The van der Waals surface area contributed by atoms with Crippen molar-refractivity contribution in [3.05, 3.63) is 18.3 Å². The summed E-state index contributed by atoms with van der Waals surface area (Å²) in [5.41, 5.74) is 0.639. The molecule has 2 heterocycles. The van der Waals surface area contributed by atoms with Crippen molar-refractivity contribution in [3.8, 4) is 5.88 Å². The number of rotatable bonds is 4. The first-order chi connectivity index (χ1) is 9.31. The third-order valence-electron chi connectivity index (χ3n) is 3.19. The van der Waals surface area contributed by atoms with E-state index in [2.05, 4.69) is 15.6 Å². The monoisotopic (exact) mass is 263 g/mol. The minimum absolute atomic E-state index is 0.00384. The lowest BCUT2D eigenvalue weighted by Gasteiger charge is -2.16. The van der Waals surface area contributed by atoms with Gasteiger partial charge in [-0.25, -0.2) is 4.98 Å². The Hall–Kier alpha value is -1.62. The Balaban J connectivity index is 2.01. The summed E-state index contributed by atoms with van der Waals surface area (Å²) < 4.78 is 5.40. The van der Waals surface area contributed by atoms with E-state index in [9.17, 15) is 4.79 Å². The number of anilines is 1. The maximum Gasteiger partial charge on any atom is 0.241 e. The molecular formula is C14H21N3O2. The minimum atomic E-state index is -0.114. The van der Waals surface area contributed by atoms with Crippen molar-refractivity contribution in [1.82, 2.24) is 10.3 Å². The van der Waals surface area contributed by atoms with Gasteiger partial charge in [-0.2, -0.15) is 0 Å². The molecule has 1 aromatic rings. The highest BCUT2D eigenvalue weighted by Crippen LogP contribution is 2.21. The lowest BCUT2D eigenvalue weighted by Crippen LogP contribution is -2.39. The number of amides is 1. The largest absolute Gasteiger partial charge is 0.476 e. The molecule has 1 aliphatic rings. The molecule has 1 amide bonds. The van der Waals surface area contributed by atoms with Gasteiger partial charge in [0.2, 0.25) is 11.8 Å². The van der Waals surface area contributed by atoms with Crippen molar-refractivity contribution in [2.75, 3.05) is 18.5 Å². The first-order valence-corrected chi connectivity index (χ1v) is 6.93. The zero-order chi connectivity index (χ0) is 13.5. The summed E-state index contributed by atoms with van der Waals surface area (Å²) in [5.74, 6) is 0.475. The highest BCUT2D eigenvalue weighted by molar-refractivity contribution is 5.95. The maximum absolute atomic E-state index is 12.2. The summed E-state index contributed by atoms with van der Waals surface area (Å²) >= 11 is 0. The molecule has 1 unspecified atom stereocenters. The van der Waals surface area contributed by atoms with E-state index in [0.29, 0.717) is 18.2 Å². The van der Waals surface area contributed by atoms with Crippen molar-refractivity contribution < 1.29 is 9.53 Å². The number of carbonyl (C=O) groups is 1. The molecule has 19 heavy (non-hydrogen) atoms. The average molecular weight is 263 g/mol. The molecule has 1 saturated heterocycles. The van der Waals surface area contributed by atoms with Crippen molar-refractivity contribution in [3.63, 3.8) is 0 Å². The second kappa shape index (κ2) is 7.09. The molecule has 2 rings (SSSR count). The van der Waals surface area contributed by atoms with Gasteiger partial charge in [-0.05, 0) is 38.4 Å². The van der Waals surface area contributed by atoms with E-state index < -0.39 is 0 Å². The second-order valence-electron chi connectivity index (χ2n) is 4.63. The van der Waals surface area contributed by atoms with Crippen LogP contribution in [0.3, 0.4) is 0 Å². The van der Waals surface area contributed by atoms with E-state index in [1.165, 1.54) is 6.42 Å². The highest BCUT2D eigenvalue weighted by Gasteiger charge is 2.20. The quantitative estimate of drug-likeness (QED) is 0.871. The van der Waals surface area contributed by atoms with Gasteiger partial charge in [0.25, 0.3) is 0 Å². The van der Waals surface area contributed by atoms with E-state index in [1.807, 2.05) is 13.0 Å². The summed E-state index contributed by atoms with van der Waals surface area (Å²) in [4.78, 5) is 16.3. The second-order valence-corrected chi connectivity index (χ2v) is 4.63. The Labute approximate surface area is 113 Å². The van der Waals surface area contributed by atoms with Crippen LogP contribution in [0.15, 0.2) is 18.3 Å². The molecule has 1 aromatic heterocycles. The molecule has 0 spiro atoms. The van der Waals surface area contributed by atoms with Crippen molar-refractivity contribution in [2.45, 2.75) is 38.6 Å². The molecule has 0 bridgehead atoms. The van der Waals surface area contributed by atoms with Crippen LogP contribution in [-0.2, 0) is 4.79 Å². The predicted octanol–water partition coefficient (Wildman–Crippen LogP) is 1.95. The highest BCUT2D eigenvalue weighted by atomic mass is 16.5. The summed E-state index contributed by atoms with van der Waals surface area (Å²) in [5, 5.41) is 6.18. The first-order valence-electron chi connectivity index (χ1n) is 6.93. The summed E-state index contributed by atoms with van der Waals surface area (Å²) in [6.07, 6.45) is 5.96. The molecule has 2 N–H and O–H groups in total. The number of nitrogens with one attached hydrogen (secondary N) is 2. The number of pyridine rings is 1. The smallest absolute Gasteiger partial charge is 0.241 e. The fourth-order valence-electron chi connectivity index (χ4n) is 2.21. The van der Waals surface area contributed by atoms with Crippen molar-refractivity contribution in [2.24, 2.45) is 0 Å². The van der Waals surface area contributed by atoms with Gasteiger partial charge >= 0.3 is 0 Å². The number of nitrogens with zero attached hydrogens (tertiary/aromatic N) is 1. The molecule has 1 atom stereocenters. The SMILES string of the molecule is CCOc1ncccc1NC(=O)C1CCCCCN1. The lowest BCUT2D eigenvalue weighted by molar-refractivity contribution is -0.118. The number of carbonyl (C=O) groups excluding carboxylic acids is 1. The molecule has 5 heteroatoms. The number of aromatic nitrogens is 1. The van der Waals surface area contributed by atoms with Crippen molar-refractivity contribution in [1.29, 1.82) is 0 Å². The van der Waals surface area contributed by atoms with Gasteiger partial charge in [-0.1, -0.05) is 12.8 Å². The summed E-state index contributed by atoms with van der Waals surface area (Å²) in [7, 11) is 0. The van der Waals surface area contributed by atoms with Crippen LogP contribution >= 0.6 is 0 Å². The Morgan fingerprint density at radius 2 is 2.42 bits per heavy atom. The van der Waals surface area contributed by atoms with E-state index in [0.717, 1.165) is 25.8 Å². The van der Waals surface area contributed by atoms with E-state index >= 15 is 0 Å². The van der Waals surface area contributed by atoms with Crippen LogP contribution in [0.5, 0.6) is 5.88 Å². The fourth-order valence-corrected chi connectivity index (χ4v) is 2.21. The molecule has 104 valence electrons. The Kier molecular flexibility index (Phi) is 5.15. The molecule has 0 aliphatic carbocycles. The zero-order valence-electron chi connectivity index (χ0n) is 11.3. The van der Waals surface area contributed by atoms with E-state index in [-0.39, 0.29) is 11.9 Å². The molecular weight excluding hydrogens is 242 g/mol. The normalized spacial score (nSPS) is 19.5. The molecule has 0 radical (unpaired) electrons. The topological polar surface area (TPSA) is 63.2 Å². The predicted molar refractivity (Wildman–Crippen MR) is 74.3 cm³/mol. The zero-order valence-corrected chi connectivity index (χ0v) is 11.3. The Morgan fingerprint density at radius 3 is 3.26 bits per heavy atom. The third-order valence-corrected chi connectivity index (χ3v) is 3.19. The first kappa shape index (κ1) is 13.8. The third kappa shape index (κ3) is 3.92. The van der Waals surface area contributed by atoms with Crippen LogP contribution in [0.4, 0.5) is 5.69 Å². The standard InChI is InChI=1S/C14H21N3O2/c1-2-19-14-12(8-6-10-16-14)17-13(18)11-7-4-3-5-9-15-11/h6,8,10-11,15H,2-5,7,9H2,1H3,(H,17,18). The Morgan fingerprint density at radius 1 is 1.53 bits per heavy atom. The van der Waals surface area contributed by atoms with Gasteiger partial charge in [-0.3, -0.25) is 4.79 Å². The summed E-state index contributed by atoms with van der Waals surface area (Å²) in [6.45, 7) is 3.33. The van der Waals surface area contributed by atoms with Gasteiger partial charge in [0.15, 0.2) is 0 Å². The summed E-state index contributed by atoms with van der Waals surface area (Å²) in [6, 6.07) is 3.49. The van der Waals surface area contributed by atoms with Crippen LogP contribution in [0.2, 0.25) is 0 Å². The van der Waals surface area contributed by atoms with E-state index in [4.69, 9.17) is 4.74 Å². The lowest BCUT2D eigenvalue weighted by atomic mass is 10.1. The number of ether oxygens (including phenoxy) is 1. The molecule has 0 saturated carbocycles. The number of hydrogen-bond donors (Lipinski definition) is 2. The molecule has 1 aliphatic heterocycles. The van der Waals surface area contributed by atoms with Gasteiger partial charge in [-0.15, -0.1) is 0 Å². The minimum Gasteiger partial charge on any atom is -0.476 e. The van der Waals surface area contributed by atoms with Gasteiger partial charge < -0.3 is 15.4 Å². The van der Waals surface area contributed by atoms with Crippen LogP contribution < -0.4 is 15.4 Å². The average Bonchev–Trinajstić information content (AvgIpc) is 2.70. The van der Waals surface area contributed by atoms with Crippen LogP contribution in [0.1, 0.15) is 32.6 Å². The maximum atomic E-state index is 12.2. The van der Waals surface area contributed by atoms with Crippen LogP contribution in [0, 0.1) is 0 Å². The van der Waals surface area contributed by atoms with Gasteiger partial charge in [0.1, 0.15) is 5.69 Å². The van der Waals surface area contributed by atoms with Crippen molar-refractivity contribution >= 4 is 11.6 Å². The van der Waals surface area contributed by atoms with Crippen LogP contribution in [-0.4, -0.2) is 30.1 Å². The number of hydrogen-bond acceptors (Lipinski definition) is 4. The molecule has 5 nitrogen and oxygen atoms in total.